The van der Waals surface area contributed by atoms with Crippen LogP contribution in [0.1, 0.15) is 13.8 Å². The Labute approximate surface area is 83.4 Å². The zero-order chi connectivity index (χ0) is 10.4. The second-order valence-electron chi connectivity index (χ2n) is 3.09. The highest BCUT2D eigenvalue weighted by Gasteiger charge is 2.00. The lowest BCUT2D eigenvalue weighted by atomic mass is 10.3. The van der Waals surface area contributed by atoms with Crippen molar-refractivity contribution in [3.8, 4) is 0 Å². The van der Waals surface area contributed by atoms with E-state index in [0.29, 0.717) is 10.5 Å². The van der Waals surface area contributed by atoms with Crippen LogP contribution in [-0.4, -0.2) is 17.7 Å². The van der Waals surface area contributed by atoms with E-state index in [9.17, 15) is 5.21 Å². The first kappa shape index (κ1) is 10.7. The molecular formula is C10H14N2O2. The molecule has 0 unspecified atom stereocenters. The van der Waals surface area contributed by atoms with Crippen molar-refractivity contribution in [1.29, 1.82) is 0 Å². The number of hydrogen-bond donors (Lipinski definition) is 0. The smallest absolute Gasteiger partial charge is 0.244 e. The van der Waals surface area contributed by atoms with Gasteiger partial charge in [-0.25, -0.2) is 0 Å². The van der Waals surface area contributed by atoms with Gasteiger partial charge in [0.05, 0.1) is 6.10 Å². The van der Waals surface area contributed by atoms with Gasteiger partial charge in [-0.1, -0.05) is 23.1 Å². The fraction of sp³-hybridized carbons (Fsp3) is 0.400. The molecule has 0 aliphatic rings. The maximum atomic E-state index is 11.3. The van der Waals surface area contributed by atoms with Crippen LogP contribution in [0.4, 0.5) is 5.69 Å². The summed E-state index contributed by atoms with van der Waals surface area (Å²) in [4.78, 5) is 0.572. The Kier molecular flexibility index (Phi) is 4.07. The van der Waals surface area contributed by atoms with E-state index in [1.807, 2.05) is 19.9 Å². The zero-order valence-electron chi connectivity index (χ0n) is 8.38. The molecule has 76 valence electrons. The molecule has 0 aliphatic carbocycles. The Morgan fingerprint density at radius 1 is 1.36 bits per heavy atom. The summed E-state index contributed by atoms with van der Waals surface area (Å²) >= 11 is 0. The highest BCUT2D eigenvalue weighted by Crippen LogP contribution is 2.09. The van der Waals surface area contributed by atoms with E-state index < -0.39 is 0 Å². The molecule has 1 rings (SSSR count). The molecule has 14 heavy (non-hydrogen) atoms. The van der Waals surface area contributed by atoms with Crippen LogP contribution in [0.2, 0.25) is 0 Å². The minimum absolute atomic E-state index is 0.0860. The molecule has 0 heterocycles. The summed E-state index contributed by atoms with van der Waals surface area (Å²) in [6.07, 6.45) is 0.0860. The Morgan fingerprint density at radius 2 is 2.00 bits per heavy atom. The fourth-order valence-electron chi connectivity index (χ4n) is 0.872. The third-order valence-electron chi connectivity index (χ3n) is 1.57. The Hall–Kier alpha value is -1.42. The summed E-state index contributed by atoms with van der Waals surface area (Å²) in [5.74, 6) is 0. The Balaban J connectivity index is 2.53. The molecule has 1 aromatic carbocycles. The van der Waals surface area contributed by atoms with Gasteiger partial charge >= 0.3 is 0 Å². The SMILES string of the molecule is CC(C)OC/N=[N+](\[O-])c1ccccc1. The van der Waals surface area contributed by atoms with Crippen molar-refractivity contribution >= 4 is 5.69 Å². The van der Waals surface area contributed by atoms with E-state index in [1.165, 1.54) is 0 Å². The quantitative estimate of drug-likeness (QED) is 0.420. The Morgan fingerprint density at radius 3 is 2.57 bits per heavy atom. The predicted molar refractivity (Wildman–Crippen MR) is 53.2 cm³/mol. The number of azo groups is 1. The van der Waals surface area contributed by atoms with E-state index in [1.54, 1.807) is 24.3 Å². The van der Waals surface area contributed by atoms with Gasteiger partial charge in [0.15, 0.2) is 0 Å². The molecule has 0 saturated carbocycles. The third-order valence-corrected chi connectivity index (χ3v) is 1.57. The van der Waals surface area contributed by atoms with Gasteiger partial charge in [-0.2, -0.15) is 0 Å². The number of benzene rings is 1. The molecule has 0 aromatic heterocycles. The van der Waals surface area contributed by atoms with E-state index in [2.05, 4.69) is 5.11 Å². The molecular weight excluding hydrogens is 180 g/mol. The topological polar surface area (TPSA) is 47.7 Å². The number of hydrogen-bond acceptors (Lipinski definition) is 3. The highest BCUT2D eigenvalue weighted by atomic mass is 16.5. The largest absolute Gasteiger partial charge is 0.594 e. The predicted octanol–water partition coefficient (Wildman–Crippen LogP) is 2.66. The van der Waals surface area contributed by atoms with Crippen LogP contribution in [0.25, 0.3) is 0 Å². The number of ether oxygens (including phenoxy) is 1. The maximum Gasteiger partial charge on any atom is 0.244 e. The molecule has 0 fully saturated rings. The van der Waals surface area contributed by atoms with Crippen molar-refractivity contribution in [2.24, 2.45) is 5.11 Å². The van der Waals surface area contributed by atoms with Gasteiger partial charge in [0.2, 0.25) is 12.4 Å². The molecule has 0 amide bonds. The minimum Gasteiger partial charge on any atom is -0.594 e. The number of nitrogens with zero attached hydrogens (tertiary/aromatic N) is 2. The normalized spacial score (nSPS) is 12.1. The van der Waals surface area contributed by atoms with Crippen LogP contribution >= 0.6 is 0 Å². The van der Waals surface area contributed by atoms with Crippen LogP contribution in [-0.2, 0) is 4.74 Å². The van der Waals surface area contributed by atoms with Crippen LogP contribution < -0.4 is 0 Å². The van der Waals surface area contributed by atoms with Gasteiger partial charge in [-0.05, 0) is 13.8 Å². The maximum absolute atomic E-state index is 11.3. The van der Waals surface area contributed by atoms with E-state index in [-0.39, 0.29) is 12.8 Å². The van der Waals surface area contributed by atoms with Crippen molar-refractivity contribution < 1.29 is 9.60 Å². The van der Waals surface area contributed by atoms with Crippen LogP contribution in [0, 0.1) is 5.21 Å². The summed E-state index contributed by atoms with van der Waals surface area (Å²) in [6.45, 7) is 3.89. The van der Waals surface area contributed by atoms with Crippen molar-refractivity contribution in [2.75, 3.05) is 6.73 Å². The van der Waals surface area contributed by atoms with E-state index >= 15 is 0 Å². The molecule has 4 nitrogen and oxygen atoms in total. The van der Waals surface area contributed by atoms with Gasteiger partial charge in [-0.3, -0.25) is 0 Å². The second-order valence-corrected chi connectivity index (χ2v) is 3.09. The van der Waals surface area contributed by atoms with Crippen LogP contribution in [0.15, 0.2) is 35.4 Å². The number of rotatable bonds is 4. The average molecular weight is 194 g/mol. The molecule has 0 saturated heterocycles. The highest BCUT2D eigenvalue weighted by molar-refractivity contribution is 5.27. The zero-order valence-corrected chi connectivity index (χ0v) is 8.38. The van der Waals surface area contributed by atoms with Crippen LogP contribution in [0.3, 0.4) is 0 Å². The van der Waals surface area contributed by atoms with Crippen LogP contribution in [0.5, 0.6) is 0 Å². The summed E-state index contributed by atoms with van der Waals surface area (Å²) in [7, 11) is 0. The standard InChI is InChI=1S/C10H14N2O2/c1-9(2)14-8-11-12(13)10-6-4-3-5-7-10/h3-7,9H,8H2,1-2H3/b12-11-. The van der Waals surface area contributed by atoms with Crippen molar-refractivity contribution in [3.63, 3.8) is 0 Å². The van der Waals surface area contributed by atoms with Gasteiger partial charge in [0.25, 0.3) is 0 Å². The van der Waals surface area contributed by atoms with Crippen molar-refractivity contribution in [3.05, 3.63) is 35.5 Å². The first-order valence-electron chi connectivity index (χ1n) is 4.51. The second kappa shape index (κ2) is 5.34. The fourth-order valence-corrected chi connectivity index (χ4v) is 0.872. The summed E-state index contributed by atoms with van der Waals surface area (Å²) in [6, 6.07) is 8.83. The number of para-hydroxylation sites is 1. The Bertz CT molecular complexity index is 296. The molecule has 4 heteroatoms. The summed E-state index contributed by atoms with van der Waals surface area (Å²) in [5, 5.41) is 15.0. The monoisotopic (exact) mass is 194 g/mol. The lowest BCUT2D eigenvalue weighted by Gasteiger charge is -2.02. The summed E-state index contributed by atoms with van der Waals surface area (Å²) < 4.78 is 5.13. The molecule has 0 spiro atoms. The van der Waals surface area contributed by atoms with Crippen molar-refractivity contribution in [1.82, 2.24) is 0 Å². The van der Waals surface area contributed by atoms with Gasteiger partial charge in [-0.15, -0.1) is 0 Å². The first-order chi connectivity index (χ1) is 6.70. The summed E-state index contributed by atoms with van der Waals surface area (Å²) in [5.41, 5.74) is 0.514. The molecule has 1 aromatic rings. The van der Waals surface area contributed by atoms with Gasteiger partial charge in [0, 0.05) is 17.2 Å². The van der Waals surface area contributed by atoms with E-state index in [4.69, 9.17) is 4.74 Å². The lowest BCUT2D eigenvalue weighted by Crippen LogP contribution is -2.04. The molecule has 0 atom stereocenters. The third kappa shape index (κ3) is 3.53. The molecule has 0 radical (unpaired) electrons. The minimum atomic E-state index is 0.0860. The van der Waals surface area contributed by atoms with Gasteiger partial charge < -0.3 is 9.94 Å². The van der Waals surface area contributed by atoms with Crippen molar-refractivity contribution in [2.45, 2.75) is 20.0 Å². The van der Waals surface area contributed by atoms with Gasteiger partial charge in [0.1, 0.15) is 0 Å². The average Bonchev–Trinajstić information content (AvgIpc) is 2.18. The lowest BCUT2D eigenvalue weighted by molar-refractivity contribution is -0.447. The van der Waals surface area contributed by atoms with E-state index in [0.717, 1.165) is 0 Å². The first-order valence-corrected chi connectivity index (χ1v) is 4.51. The molecule has 0 bridgehead atoms. The molecule has 0 aliphatic heterocycles. The molecule has 0 N–H and O–H groups in total.